The van der Waals surface area contributed by atoms with Crippen LogP contribution in [0.5, 0.6) is 0 Å². The molecule has 0 saturated carbocycles. The third kappa shape index (κ3) is 4.46. The molecule has 3 rings (SSSR count). The van der Waals surface area contributed by atoms with Crippen LogP contribution in [0, 0.1) is 11.3 Å². The van der Waals surface area contributed by atoms with Crippen LogP contribution in [0.3, 0.4) is 0 Å². The molecule has 0 aliphatic carbocycles. The van der Waals surface area contributed by atoms with Crippen LogP contribution in [-0.2, 0) is 0 Å². The van der Waals surface area contributed by atoms with E-state index in [9.17, 15) is 5.26 Å². The zero-order valence-electron chi connectivity index (χ0n) is 13.9. The first-order chi connectivity index (χ1) is 12.3. The Morgan fingerprint density at radius 3 is 2.64 bits per heavy atom. The third-order valence-electron chi connectivity index (χ3n) is 3.63. The molecule has 126 valence electrons. The van der Waals surface area contributed by atoms with E-state index in [0.717, 1.165) is 44.0 Å². The molecule has 0 aliphatic heterocycles. The van der Waals surface area contributed by atoms with Crippen molar-refractivity contribution in [2.45, 2.75) is 11.9 Å². The van der Waals surface area contributed by atoms with E-state index in [4.69, 9.17) is 4.98 Å². The van der Waals surface area contributed by atoms with Crippen molar-refractivity contribution in [1.29, 1.82) is 5.26 Å². The van der Waals surface area contributed by atoms with Gasteiger partial charge in [-0.2, -0.15) is 17.0 Å². The van der Waals surface area contributed by atoms with Crippen molar-refractivity contribution < 1.29 is 0 Å². The van der Waals surface area contributed by atoms with Crippen molar-refractivity contribution in [3.63, 3.8) is 0 Å². The van der Waals surface area contributed by atoms with Gasteiger partial charge < -0.3 is 0 Å². The minimum atomic E-state index is 0.679. The number of nitriles is 1. The molecule has 1 aromatic carbocycles. The fourth-order valence-corrected chi connectivity index (χ4v) is 4.91. The molecule has 3 aromatic rings. The van der Waals surface area contributed by atoms with Gasteiger partial charge in [0.15, 0.2) is 0 Å². The maximum atomic E-state index is 9.78. The normalized spacial score (nSPS) is 10.6. The van der Waals surface area contributed by atoms with E-state index in [1.165, 1.54) is 0 Å². The van der Waals surface area contributed by atoms with E-state index < -0.39 is 0 Å². The fourth-order valence-electron chi connectivity index (χ4n) is 2.47. The molecular weight excluding hydrogens is 364 g/mol. The van der Waals surface area contributed by atoms with Crippen LogP contribution in [0.1, 0.15) is 12.5 Å². The zero-order valence-corrected chi connectivity index (χ0v) is 16.4. The molecule has 25 heavy (non-hydrogen) atoms. The first-order valence-electron chi connectivity index (χ1n) is 8.08. The van der Waals surface area contributed by atoms with Crippen molar-refractivity contribution in [3.8, 4) is 27.8 Å². The highest BCUT2D eigenvalue weighted by Gasteiger charge is 2.16. The lowest BCUT2D eigenvalue weighted by atomic mass is 10.0. The average Bonchev–Trinajstić information content (AvgIpc) is 3.20. The molecule has 0 fully saturated rings. The van der Waals surface area contributed by atoms with Gasteiger partial charge in [-0.3, -0.25) is 0 Å². The number of hydrogen-bond donors (Lipinski definition) is 0. The van der Waals surface area contributed by atoms with E-state index in [1.54, 1.807) is 23.1 Å². The molecule has 0 saturated heterocycles. The van der Waals surface area contributed by atoms with Crippen molar-refractivity contribution in [2.75, 3.05) is 17.3 Å². The molecule has 2 aromatic heterocycles. The summed E-state index contributed by atoms with van der Waals surface area (Å²) in [6, 6.07) is 18.7. The summed E-state index contributed by atoms with van der Waals surface area (Å²) in [5, 5.41) is 12.7. The maximum absolute atomic E-state index is 9.78. The van der Waals surface area contributed by atoms with Gasteiger partial charge in [-0.1, -0.05) is 43.3 Å². The number of thiophene rings is 1. The number of rotatable bonds is 7. The third-order valence-corrected chi connectivity index (χ3v) is 6.66. The molecule has 0 unspecified atom stereocenters. The Bertz CT molecular complexity index is 853. The van der Waals surface area contributed by atoms with Crippen LogP contribution in [0.25, 0.3) is 21.7 Å². The Balaban J connectivity index is 2.06. The standard InChI is InChI=1S/C20H18N2S3/c1-2-23-11-12-25-20-17(14-21)16(15-7-4-3-5-8-15)13-18(22-20)19-9-6-10-24-19/h3-10,13H,2,11-12H2,1H3. The SMILES string of the molecule is CCSCCSc1nc(-c2cccs2)cc(-c2ccccc2)c1C#N. The quantitative estimate of drug-likeness (QED) is 0.360. The van der Waals surface area contributed by atoms with Crippen LogP contribution < -0.4 is 0 Å². The Morgan fingerprint density at radius 1 is 1.12 bits per heavy atom. The second kappa shape index (κ2) is 9.10. The van der Waals surface area contributed by atoms with E-state index in [-0.39, 0.29) is 0 Å². The number of thioether (sulfide) groups is 2. The lowest BCUT2D eigenvalue weighted by molar-refractivity contribution is 1.12. The van der Waals surface area contributed by atoms with Crippen molar-refractivity contribution in [1.82, 2.24) is 4.98 Å². The molecule has 0 aliphatic rings. The highest BCUT2D eigenvalue weighted by molar-refractivity contribution is 8.02. The summed E-state index contributed by atoms with van der Waals surface area (Å²) in [4.78, 5) is 5.94. The zero-order chi connectivity index (χ0) is 17.5. The first kappa shape index (κ1) is 18.1. The molecule has 0 atom stereocenters. The highest BCUT2D eigenvalue weighted by atomic mass is 32.2. The Hall–Kier alpha value is -1.74. The molecule has 0 bridgehead atoms. The highest BCUT2D eigenvalue weighted by Crippen LogP contribution is 2.35. The predicted molar refractivity (Wildman–Crippen MR) is 111 cm³/mol. The Labute approximate surface area is 161 Å². The van der Waals surface area contributed by atoms with Gasteiger partial charge in [0, 0.05) is 17.1 Å². The van der Waals surface area contributed by atoms with Crippen LogP contribution in [-0.4, -0.2) is 22.2 Å². The van der Waals surface area contributed by atoms with Crippen LogP contribution in [0.4, 0.5) is 0 Å². The summed E-state index contributed by atoms with van der Waals surface area (Å²) in [5.74, 6) is 3.14. The molecule has 0 N–H and O–H groups in total. The van der Waals surface area contributed by atoms with Gasteiger partial charge in [0.25, 0.3) is 0 Å². The summed E-state index contributed by atoms with van der Waals surface area (Å²) in [6.45, 7) is 2.17. The van der Waals surface area contributed by atoms with E-state index >= 15 is 0 Å². The van der Waals surface area contributed by atoms with Gasteiger partial charge >= 0.3 is 0 Å². The van der Waals surface area contributed by atoms with Gasteiger partial charge in [0.2, 0.25) is 0 Å². The number of nitrogens with zero attached hydrogens (tertiary/aromatic N) is 2. The van der Waals surface area contributed by atoms with Crippen LogP contribution in [0.2, 0.25) is 0 Å². The molecule has 2 nitrogen and oxygen atoms in total. The summed E-state index contributed by atoms with van der Waals surface area (Å²) >= 11 is 5.27. The number of benzene rings is 1. The average molecular weight is 383 g/mol. The Kier molecular flexibility index (Phi) is 6.57. The topological polar surface area (TPSA) is 36.7 Å². The first-order valence-corrected chi connectivity index (χ1v) is 11.1. The van der Waals surface area contributed by atoms with Crippen LogP contribution in [0.15, 0.2) is 58.9 Å². The van der Waals surface area contributed by atoms with Gasteiger partial charge in [-0.05, 0) is 28.8 Å². The monoisotopic (exact) mass is 382 g/mol. The number of pyridine rings is 1. The summed E-state index contributed by atoms with van der Waals surface area (Å²) in [6.07, 6.45) is 0. The van der Waals surface area contributed by atoms with Gasteiger partial charge in [-0.25, -0.2) is 4.98 Å². The summed E-state index contributed by atoms with van der Waals surface area (Å²) in [7, 11) is 0. The lowest BCUT2D eigenvalue weighted by Gasteiger charge is -2.11. The molecule has 0 spiro atoms. The number of hydrogen-bond acceptors (Lipinski definition) is 5. The van der Waals surface area contributed by atoms with E-state index in [1.807, 2.05) is 42.1 Å². The van der Waals surface area contributed by atoms with Crippen molar-refractivity contribution in [2.24, 2.45) is 0 Å². The summed E-state index contributed by atoms with van der Waals surface area (Å²) < 4.78 is 0. The van der Waals surface area contributed by atoms with Crippen molar-refractivity contribution >= 4 is 34.9 Å². The molecular formula is C20H18N2S3. The van der Waals surface area contributed by atoms with E-state index in [2.05, 4.69) is 36.6 Å². The minimum absolute atomic E-state index is 0.679. The predicted octanol–water partition coefficient (Wildman–Crippen LogP) is 6.19. The smallest absolute Gasteiger partial charge is 0.115 e. The van der Waals surface area contributed by atoms with E-state index in [0.29, 0.717) is 5.56 Å². The maximum Gasteiger partial charge on any atom is 0.115 e. The molecule has 0 radical (unpaired) electrons. The Morgan fingerprint density at radius 2 is 1.96 bits per heavy atom. The van der Waals surface area contributed by atoms with Gasteiger partial charge in [0.05, 0.1) is 16.1 Å². The van der Waals surface area contributed by atoms with Crippen molar-refractivity contribution in [3.05, 3.63) is 59.5 Å². The largest absolute Gasteiger partial charge is 0.239 e. The second-order valence-electron chi connectivity index (χ2n) is 5.24. The number of aromatic nitrogens is 1. The lowest BCUT2D eigenvalue weighted by Crippen LogP contribution is -1.96. The van der Waals surface area contributed by atoms with Gasteiger partial charge in [0.1, 0.15) is 11.1 Å². The fraction of sp³-hybridized carbons (Fsp3) is 0.200. The molecule has 5 heteroatoms. The summed E-state index contributed by atoms with van der Waals surface area (Å²) in [5.41, 5.74) is 3.65. The molecule has 0 amide bonds. The van der Waals surface area contributed by atoms with Crippen LogP contribution >= 0.6 is 34.9 Å². The molecule has 2 heterocycles. The second-order valence-corrected chi connectivity index (χ2v) is 8.66. The minimum Gasteiger partial charge on any atom is -0.239 e. The van der Waals surface area contributed by atoms with Gasteiger partial charge in [-0.15, -0.1) is 23.1 Å².